The predicted molar refractivity (Wildman–Crippen MR) is 133 cm³/mol. The summed E-state index contributed by atoms with van der Waals surface area (Å²) in [6.45, 7) is 0.326. The van der Waals surface area contributed by atoms with Crippen molar-refractivity contribution in [2.24, 2.45) is 0 Å². The lowest BCUT2D eigenvalue weighted by Gasteiger charge is -2.09. The Morgan fingerprint density at radius 1 is 0.971 bits per heavy atom. The van der Waals surface area contributed by atoms with Gasteiger partial charge in [0.15, 0.2) is 11.6 Å². The number of hydrogen-bond acceptors (Lipinski definition) is 5. The van der Waals surface area contributed by atoms with Crippen LogP contribution in [0.15, 0.2) is 85.2 Å². The summed E-state index contributed by atoms with van der Waals surface area (Å²) in [4.78, 5) is 32.0. The third-order valence-corrected chi connectivity index (χ3v) is 5.15. The molecule has 34 heavy (non-hydrogen) atoms. The van der Waals surface area contributed by atoms with E-state index in [0.717, 1.165) is 22.2 Å². The fourth-order valence-electron chi connectivity index (χ4n) is 3.40. The normalized spacial score (nSPS) is 11.3. The quantitative estimate of drug-likeness (QED) is 0.257. The first kappa shape index (κ1) is 22.7. The number of ketones is 2. The van der Waals surface area contributed by atoms with Crippen LogP contribution in [0.5, 0.6) is 11.5 Å². The van der Waals surface area contributed by atoms with Crippen LogP contribution in [0.1, 0.15) is 23.2 Å². The van der Waals surface area contributed by atoms with Gasteiger partial charge in [0.25, 0.3) is 0 Å². The standard InChI is InChI=1S/C28H24N2O4/c1-33-28-12-11-26(34-19-23-4-2-3-14-29-23)17-22(28)8-10-25(32)18-24(31)9-6-20-5-7-21-13-15-30-27(21)16-20/h2-17,30H,18-19H2,1H3/b9-6+,10-8+. The minimum absolute atomic E-state index is 0.212. The molecule has 1 N–H and O–H groups in total. The van der Waals surface area contributed by atoms with Gasteiger partial charge in [-0.3, -0.25) is 14.6 Å². The van der Waals surface area contributed by atoms with Crippen LogP contribution in [0, 0.1) is 0 Å². The predicted octanol–water partition coefficient (Wildman–Crippen LogP) is 5.41. The fourth-order valence-corrected chi connectivity index (χ4v) is 3.40. The largest absolute Gasteiger partial charge is 0.496 e. The van der Waals surface area contributed by atoms with Crippen LogP contribution in [-0.4, -0.2) is 28.6 Å². The second-order valence-electron chi connectivity index (χ2n) is 7.61. The number of carbonyl (C=O) groups excluding carboxylic acids is 2. The lowest BCUT2D eigenvalue weighted by atomic mass is 10.1. The van der Waals surface area contributed by atoms with Crippen LogP contribution in [0.25, 0.3) is 23.1 Å². The van der Waals surface area contributed by atoms with E-state index in [1.807, 2.05) is 48.7 Å². The Labute approximate surface area is 197 Å². The number of fused-ring (bicyclic) bond motifs is 1. The summed E-state index contributed by atoms with van der Waals surface area (Å²) >= 11 is 0. The average molecular weight is 453 g/mol. The van der Waals surface area contributed by atoms with Crippen molar-refractivity contribution in [3.63, 3.8) is 0 Å². The van der Waals surface area contributed by atoms with Gasteiger partial charge in [0.2, 0.25) is 0 Å². The number of carbonyl (C=O) groups is 2. The van der Waals surface area contributed by atoms with E-state index in [4.69, 9.17) is 9.47 Å². The van der Waals surface area contributed by atoms with E-state index in [2.05, 4.69) is 9.97 Å². The lowest BCUT2D eigenvalue weighted by molar-refractivity contribution is -0.121. The summed E-state index contributed by atoms with van der Waals surface area (Å²) in [5.41, 5.74) is 3.37. The molecule has 0 aliphatic carbocycles. The smallest absolute Gasteiger partial charge is 0.163 e. The van der Waals surface area contributed by atoms with Crippen molar-refractivity contribution in [2.75, 3.05) is 7.11 Å². The molecule has 0 unspecified atom stereocenters. The Morgan fingerprint density at radius 2 is 1.82 bits per heavy atom. The van der Waals surface area contributed by atoms with Crippen LogP contribution < -0.4 is 9.47 Å². The fraction of sp³-hybridized carbons (Fsp3) is 0.107. The number of benzene rings is 2. The monoisotopic (exact) mass is 452 g/mol. The van der Waals surface area contributed by atoms with Crippen LogP contribution in [-0.2, 0) is 16.2 Å². The molecule has 0 aliphatic heterocycles. The van der Waals surface area contributed by atoms with E-state index in [1.54, 1.807) is 43.7 Å². The third-order valence-electron chi connectivity index (χ3n) is 5.15. The van der Waals surface area contributed by atoms with E-state index in [1.165, 1.54) is 12.2 Å². The van der Waals surface area contributed by atoms with Gasteiger partial charge >= 0.3 is 0 Å². The van der Waals surface area contributed by atoms with Crippen molar-refractivity contribution in [3.8, 4) is 11.5 Å². The first-order valence-electron chi connectivity index (χ1n) is 10.8. The van der Waals surface area contributed by atoms with Crippen LogP contribution in [0.2, 0.25) is 0 Å². The molecule has 2 heterocycles. The molecule has 0 spiro atoms. The number of allylic oxidation sites excluding steroid dienone is 2. The molecule has 4 rings (SSSR count). The molecular formula is C28H24N2O4. The van der Waals surface area contributed by atoms with Gasteiger partial charge in [-0.2, -0.15) is 0 Å². The highest BCUT2D eigenvalue weighted by Gasteiger charge is 2.07. The molecule has 6 heteroatoms. The number of methoxy groups -OCH3 is 1. The van der Waals surface area contributed by atoms with Crippen molar-refractivity contribution in [1.82, 2.24) is 9.97 Å². The van der Waals surface area contributed by atoms with E-state index >= 15 is 0 Å². The molecule has 6 nitrogen and oxygen atoms in total. The van der Waals surface area contributed by atoms with Gasteiger partial charge in [0.05, 0.1) is 19.2 Å². The van der Waals surface area contributed by atoms with Gasteiger partial charge in [0, 0.05) is 23.5 Å². The third kappa shape index (κ3) is 6.07. The zero-order chi connectivity index (χ0) is 23.8. The number of aromatic nitrogens is 2. The van der Waals surface area contributed by atoms with Crippen LogP contribution >= 0.6 is 0 Å². The molecule has 0 atom stereocenters. The van der Waals surface area contributed by atoms with Crippen molar-refractivity contribution >= 4 is 34.6 Å². The zero-order valence-corrected chi connectivity index (χ0v) is 18.7. The molecule has 0 radical (unpaired) electrons. The summed E-state index contributed by atoms with van der Waals surface area (Å²) in [7, 11) is 1.56. The van der Waals surface area contributed by atoms with E-state index in [0.29, 0.717) is 23.7 Å². The minimum atomic E-state index is -0.295. The van der Waals surface area contributed by atoms with Crippen LogP contribution in [0.4, 0.5) is 0 Å². The number of hydrogen-bond donors (Lipinski definition) is 1. The Kier molecular flexibility index (Phi) is 7.30. The second-order valence-corrected chi connectivity index (χ2v) is 7.61. The highest BCUT2D eigenvalue weighted by Crippen LogP contribution is 2.26. The number of aromatic amines is 1. The van der Waals surface area contributed by atoms with Gasteiger partial charge in [-0.1, -0.05) is 24.3 Å². The molecule has 0 saturated heterocycles. The maximum Gasteiger partial charge on any atom is 0.163 e. The first-order valence-corrected chi connectivity index (χ1v) is 10.8. The maximum atomic E-state index is 12.3. The molecular weight excluding hydrogens is 428 g/mol. The molecule has 0 aliphatic rings. The van der Waals surface area contributed by atoms with E-state index < -0.39 is 0 Å². The van der Waals surface area contributed by atoms with E-state index in [9.17, 15) is 9.59 Å². The van der Waals surface area contributed by atoms with Gasteiger partial charge < -0.3 is 14.5 Å². The SMILES string of the molecule is COc1ccc(OCc2ccccn2)cc1/C=C/C(=O)CC(=O)/C=C/c1ccc2cc[nH]c2c1. The Balaban J connectivity index is 1.36. The molecule has 2 aromatic carbocycles. The first-order chi connectivity index (χ1) is 16.6. The van der Waals surface area contributed by atoms with Gasteiger partial charge in [0.1, 0.15) is 18.1 Å². The Bertz CT molecular complexity index is 1350. The van der Waals surface area contributed by atoms with Crippen molar-refractivity contribution < 1.29 is 19.1 Å². The van der Waals surface area contributed by atoms with E-state index in [-0.39, 0.29) is 18.0 Å². The summed E-state index contributed by atoms with van der Waals surface area (Å²) in [6, 6.07) is 18.8. The molecule has 0 saturated carbocycles. The number of nitrogens with zero attached hydrogens (tertiary/aromatic N) is 1. The molecule has 0 bridgehead atoms. The number of ether oxygens (including phenoxy) is 2. The topological polar surface area (TPSA) is 81.3 Å². The molecule has 4 aromatic rings. The zero-order valence-electron chi connectivity index (χ0n) is 18.7. The Morgan fingerprint density at radius 3 is 2.62 bits per heavy atom. The van der Waals surface area contributed by atoms with Crippen LogP contribution in [0.3, 0.4) is 0 Å². The van der Waals surface area contributed by atoms with Crippen molar-refractivity contribution in [3.05, 3.63) is 102 Å². The summed E-state index contributed by atoms with van der Waals surface area (Å²) in [5.74, 6) is 0.661. The highest BCUT2D eigenvalue weighted by atomic mass is 16.5. The average Bonchev–Trinajstić information content (AvgIpc) is 3.33. The van der Waals surface area contributed by atoms with Gasteiger partial charge in [-0.25, -0.2) is 0 Å². The Hall–Kier alpha value is -4.45. The minimum Gasteiger partial charge on any atom is -0.496 e. The molecule has 0 amide bonds. The molecule has 2 aromatic heterocycles. The number of rotatable bonds is 10. The van der Waals surface area contributed by atoms with Crippen molar-refractivity contribution in [2.45, 2.75) is 13.0 Å². The maximum absolute atomic E-state index is 12.3. The molecule has 170 valence electrons. The summed E-state index contributed by atoms with van der Waals surface area (Å²) < 4.78 is 11.2. The second kappa shape index (κ2) is 10.9. The highest BCUT2D eigenvalue weighted by molar-refractivity contribution is 6.11. The number of nitrogens with one attached hydrogen (secondary N) is 1. The molecule has 0 fully saturated rings. The summed E-state index contributed by atoms with van der Waals surface area (Å²) in [5, 5.41) is 1.10. The number of pyridine rings is 1. The van der Waals surface area contributed by atoms with Crippen molar-refractivity contribution in [1.29, 1.82) is 0 Å². The summed E-state index contributed by atoms with van der Waals surface area (Å²) in [6.07, 6.45) is 9.53. The van der Waals surface area contributed by atoms with Gasteiger partial charge in [-0.05, 0) is 71.6 Å². The number of H-pyrrole nitrogens is 1. The van der Waals surface area contributed by atoms with Gasteiger partial charge in [-0.15, -0.1) is 0 Å². The lowest BCUT2D eigenvalue weighted by Crippen LogP contribution is -2.02.